The first-order valence-corrected chi connectivity index (χ1v) is 9.10. The molecule has 1 aliphatic heterocycles. The van der Waals surface area contributed by atoms with E-state index in [4.69, 9.17) is 9.47 Å². The van der Waals surface area contributed by atoms with E-state index in [1.807, 2.05) is 25.2 Å². The number of nitrogens with zero attached hydrogens (tertiary/aromatic N) is 1. The zero-order valence-corrected chi connectivity index (χ0v) is 15.8. The SMILES string of the molecule is CNCCCC(=O)N(Cc1ccc2c(c1)OCO2)C1CCCCC1.Cl. The molecule has 0 spiro atoms. The number of fused-ring (bicyclic) bond motifs is 1. The van der Waals surface area contributed by atoms with E-state index in [-0.39, 0.29) is 25.1 Å². The topological polar surface area (TPSA) is 50.8 Å². The highest BCUT2D eigenvalue weighted by atomic mass is 35.5. The Morgan fingerprint density at radius 1 is 1.20 bits per heavy atom. The number of benzene rings is 1. The molecule has 2 aliphatic rings. The van der Waals surface area contributed by atoms with Gasteiger partial charge in [0.1, 0.15) is 0 Å². The number of ether oxygens (including phenoxy) is 2. The van der Waals surface area contributed by atoms with E-state index in [1.165, 1.54) is 19.3 Å². The van der Waals surface area contributed by atoms with Crippen LogP contribution in [-0.2, 0) is 11.3 Å². The van der Waals surface area contributed by atoms with E-state index in [9.17, 15) is 4.79 Å². The smallest absolute Gasteiger partial charge is 0.231 e. The maximum Gasteiger partial charge on any atom is 0.231 e. The summed E-state index contributed by atoms with van der Waals surface area (Å²) in [6.07, 6.45) is 7.51. The van der Waals surface area contributed by atoms with E-state index in [2.05, 4.69) is 10.2 Å². The molecule has 1 amide bonds. The molecule has 0 saturated heterocycles. The number of hydrogen-bond donors (Lipinski definition) is 1. The number of halogens is 1. The lowest BCUT2D eigenvalue weighted by Crippen LogP contribution is -2.41. The molecule has 3 rings (SSSR count). The summed E-state index contributed by atoms with van der Waals surface area (Å²) in [6.45, 7) is 1.84. The Balaban J connectivity index is 0.00000225. The summed E-state index contributed by atoms with van der Waals surface area (Å²) >= 11 is 0. The monoisotopic (exact) mass is 368 g/mol. The highest BCUT2D eigenvalue weighted by Gasteiger charge is 2.25. The second-order valence-corrected chi connectivity index (χ2v) is 6.71. The largest absolute Gasteiger partial charge is 0.454 e. The van der Waals surface area contributed by atoms with Gasteiger partial charge in [-0.2, -0.15) is 0 Å². The van der Waals surface area contributed by atoms with Gasteiger partial charge in [-0.05, 0) is 50.6 Å². The summed E-state index contributed by atoms with van der Waals surface area (Å²) in [7, 11) is 1.93. The predicted molar refractivity (Wildman–Crippen MR) is 100 cm³/mol. The van der Waals surface area contributed by atoms with Crippen molar-refractivity contribution in [3.63, 3.8) is 0 Å². The van der Waals surface area contributed by atoms with Gasteiger partial charge in [-0.3, -0.25) is 4.79 Å². The molecule has 0 atom stereocenters. The normalized spacial score (nSPS) is 16.4. The van der Waals surface area contributed by atoms with Gasteiger partial charge in [0.05, 0.1) is 0 Å². The Morgan fingerprint density at radius 2 is 1.96 bits per heavy atom. The summed E-state index contributed by atoms with van der Waals surface area (Å²) in [4.78, 5) is 14.9. The van der Waals surface area contributed by atoms with Crippen molar-refractivity contribution in [2.24, 2.45) is 0 Å². The summed E-state index contributed by atoms with van der Waals surface area (Å²) < 4.78 is 10.9. The summed E-state index contributed by atoms with van der Waals surface area (Å²) in [5.74, 6) is 1.86. The molecule has 0 bridgehead atoms. The lowest BCUT2D eigenvalue weighted by atomic mass is 9.93. The van der Waals surface area contributed by atoms with Crippen molar-refractivity contribution in [2.75, 3.05) is 20.4 Å². The molecule has 6 heteroatoms. The minimum absolute atomic E-state index is 0. The number of hydrogen-bond acceptors (Lipinski definition) is 4. The van der Waals surface area contributed by atoms with Crippen molar-refractivity contribution >= 4 is 18.3 Å². The number of nitrogens with one attached hydrogen (secondary N) is 1. The summed E-state index contributed by atoms with van der Waals surface area (Å²) in [6, 6.07) is 6.39. The van der Waals surface area contributed by atoms with Crippen LogP contribution in [0.2, 0.25) is 0 Å². The van der Waals surface area contributed by atoms with Crippen molar-refractivity contribution in [3.05, 3.63) is 23.8 Å². The van der Waals surface area contributed by atoms with Gasteiger partial charge in [-0.15, -0.1) is 12.4 Å². The standard InChI is InChI=1S/C19H28N2O3.ClH/c1-20-11-5-8-19(22)21(16-6-3-2-4-7-16)13-15-9-10-17-18(12-15)24-14-23-17;/h9-10,12,16,20H,2-8,11,13-14H2,1H3;1H. The second kappa shape index (κ2) is 9.88. The zero-order chi connectivity index (χ0) is 16.8. The molecule has 1 N–H and O–H groups in total. The number of amides is 1. The van der Waals surface area contributed by atoms with Gasteiger partial charge < -0.3 is 19.7 Å². The van der Waals surface area contributed by atoms with E-state index >= 15 is 0 Å². The van der Waals surface area contributed by atoms with Crippen LogP contribution >= 0.6 is 12.4 Å². The zero-order valence-electron chi connectivity index (χ0n) is 15.0. The lowest BCUT2D eigenvalue weighted by Gasteiger charge is -2.34. The van der Waals surface area contributed by atoms with Gasteiger partial charge >= 0.3 is 0 Å². The van der Waals surface area contributed by atoms with Crippen LogP contribution < -0.4 is 14.8 Å². The van der Waals surface area contributed by atoms with Crippen molar-refractivity contribution < 1.29 is 14.3 Å². The number of rotatable bonds is 7. The van der Waals surface area contributed by atoms with Gasteiger partial charge in [0.15, 0.2) is 11.5 Å². The summed E-state index contributed by atoms with van der Waals surface area (Å²) in [5.41, 5.74) is 1.12. The average Bonchev–Trinajstić information content (AvgIpc) is 3.08. The first-order valence-electron chi connectivity index (χ1n) is 9.10. The second-order valence-electron chi connectivity index (χ2n) is 6.71. The fourth-order valence-corrected chi connectivity index (χ4v) is 3.61. The average molecular weight is 369 g/mol. The third-order valence-electron chi connectivity index (χ3n) is 4.94. The van der Waals surface area contributed by atoms with Gasteiger partial charge in [0, 0.05) is 19.0 Å². The first kappa shape index (κ1) is 19.9. The third kappa shape index (κ3) is 5.25. The Labute approximate surface area is 156 Å². The highest BCUT2D eigenvalue weighted by Crippen LogP contribution is 2.33. The fourth-order valence-electron chi connectivity index (χ4n) is 3.61. The number of carbonyl (C=O) groups excluding carboxylic acids is 1. The van der Waals surface area contributed by atoms with E-state index in [0.29, 0.717) is 19.0 Å². The minimum atomic E-state index is 0. The van der Waals surface area contributed by atoms with Crippen LogP contribution in [-0.4, -0.2) is 37.2 Å². The van der Waals surface area contributed by atoms with E-state index < -0.39 is 0 Å². The Morgan fingerprint density at radius 3 is 2.72 bits per heavy atom. The molecule has 1 aromatic carbocycles. The molecule has 1 aliphatic carbocycles. The maximum absolute atomic E-state index is 12.8. The molecule has 1 saturated carbocycles. The van der Waals surface area contributed by atoms with Crippen molar-refractivity contribution in [3.8, 4) is 11.5 Å². The molecular formula is C19H29ClN2O3. The molecule has 0 radical (unpaired) electrons. The van der Waals surface area contributed by atoms with Gasteiger partial charge in [0.2, 0.25) is 12.7 Å². The summed E-state index contributed by atoms with van der Waals surface area (Å²) in [5, 5.41) is 3.12. The molecule has 1 aromatic rings. The third-order valence-corrected chi connectivity index (χ3v) is 4.94. The van der Waals surface area contributed by atoms with Gasteiger partial charge in [-0.1, -0.05) is 25.3 Å². The van der Waals surface area contributed by atoms with Crippen LogP contribution in [0.3, 0.4) is 0 Å². The molecule has 1 heterocycles. The fraction of sp³-hybridized carbons (Fsp3) is 0.632. The van der Waals surface area contributed by atoms with E-state index in [0.717, 1.165) is 42.9 Å². The molecule has 0 aromatic heterocycles. The number of carbonyl (C=O) groups is 1. The Bertz CT molecular complexity index is 562. The van der Waals surface area contributed by atoms with Crippen molar-refractivity contribution in [2.45, 2.75) is 57.5 Å². The van der Waals surface area contributed by atoms with E-state index in [1.54, 1.807) is 0 Å². The minimum Gasteiger partial charge on any atom is -0.454 e. The van der Waals surface area contributed by atoms with Crippen LogP contribution in [0.4, 0.5) is 0 Å². The Kier molecular flexibility index (Phi) is 7.85. The molecule has 1 fully saturated rings. The van der Waals surface area contributed by atoms with Crippen LogP contribution in [0.1, 0.15) is 50.5 Å². The van der Waals surface area contributed by atoms with Crippen LogP contribution in [0.15, 0.2) is 18.2 Å². The van der Waals surface area contributed by atoms with Crippen molar-refractivity contribution in [1.29, 1.82) is 0 Å². The lowest BCUT2D eigenvalue weighted by molar-refractivity contribution is -0.135. The predicted octanol–water partition coefficient (Wildman–Crippen LogP) is 3.50. The quantitative estimate of drug-likeness (QED) is 0.748. The molecule has 25 heavy (non-hydrogen) atoms. The highest BCUT2D eigenvalue weighted by molar-refractivity contribution is 5.85. The van der Waals surface area contributed by atoms with Gasteiger partial charge in [0.25, 0.3) is 0 Å². The van der Waals surface area contributed by atoms with Crippen LogP contribution in [0.5, 0.6) is 11.5 Å². The maximum atomic E-state index is 12.8. The Hall–Kier alpha value is -1.46. The molecular weight excluding hydrogens is 340 g/mol. The molecule has 5 nitrogen and oxygen atoms in total. The molecule has 140 valence electrons. The van der Waals surface area contributed by atoms with Crippen LogP contribution in [0, 0.1) is 0 Å². The first-order chi connectivity index (χ1) is 11.8. The van der Waals surface area contributed by atoms with Crippen LogP contribution in [0.25, 0.3) is 0 Å². The van der Waals surface area contributed by atoms with Crippen molar-refractivity contribution in [1.82, 2.24) is 10.2 Å². The van der Waals surface area contributed by atoms with Gasteiger partial charge in [-0.25, -0.2) is 0 Å². The molecule has 0 unspecified atom stereocenters.